The average molecular weight is 417 g/mol. The van der Waals surface area contributed by atoms with Crippen molar-refractivity contribution in [2.45, 2.75) is 11.8 Å². The molecule has 0 amide bonds. The Balaban J connectivity index is 2.26. The van der Waals surface area contributed by atoms with Crippen LogP contribution in [0.1, 0.15) is 5.56 Å². The van der Waals surface area contributed by atoms with Crippen LogP contribution >= 0.6 is 22.9 Å². The average Bonchev–Trinajstić information content (AvgIpc) is 2.92. The van der Waals surface area contributed by atoms with Crippen molar-refractivity contribution in [2.75, 3.05) is 0 Å². The number of hydrogen-bond acceptors (Lipinski definition) is 4. The molecule has 0 atom stereocenters. The van der Waals surface area contributed by atoms with E-state index >= 15 is 0 Å². The van der Waals surface area contributed by atoms with Crippen molar-refractivity contribution < 1.29 is 17.2 Å². The predicted molar refractivity (Wildman–Crippen MR) is 96.4 cm³/mol. The Hall–Kier alpha value is -2.07. The van der Waals surface area contributed by atoms with Gasteiger partial charge >= 0.3 is 4.87 Å². The van der Waals surface area contributed by atoms with Crippen LogP contribution in [-0.4, -0.2) is 13.0 Å². The fourth-order valence-corrected chi connectivity index (χ4v) is 3.93. The van der Waals surface area contributed by atoms with Crippen LogP contribution in [0, 0.1) is 18.6 Å². The SMILES string of the molecule is Cc1ccc(-n2c(-c3cc(F)c(S(N)(=O)=O)cc3F)csc2=O)cc1Cl. The molecule has 0 aliphatic carbocycles. The van der Waals surface area contributed by atoms with Crippen LogP contribution in [0.25, 0.3) is 16.9 Å². The minimum atomic E-state index is -4.42. The third kappa shape index (κ3) is 3.30. The standard InChI is InChI=1S/C16H11ClF2N2O3S2/c1-8-2-3-9(4-11(8)17)21-14(7-25-16(21)22)10-5-13(19)15(6-12(10)18)26(20,23)24/h2-7H,1H3,(H2,20,23,24). The molecule has 5 nitrogen and oxygen atoms in total. The van der Waals surface area contributed by atoms with E-state index in [0.717, 1.165) is 16.9 Å². The second-order valence-electron chi connectivity index (χ2n) is 5.46. The van der Waals surface area contributed by atoms with Crippen LogP contribution in [-0.2, 0) is 10.0 Å². The Bertz CT molecular complexity index is 1190. The van der Waals surface area contributed by atoms with E-state index in [9.17, 15) is 22.0 Å². The number of primary sulfonamides is 1. The first-order valence-electron chi connectivity index (χ1n) is 7.09. The molecule has 0 spiro atoms. The van der Waals surface area contributed by atoms with E-state index in [4.69, 9.17) is 16.7 Å². The summed E-state index contributed by atoms with van der Waals surface area (Å²) in [7, 11) is -4.42. The molecule has 0 aliphatic heterocycles. The number of aromatic nitrogens is 1. The molecule has 136 valence electrons. The Kier molecular flexibility index (Phi) is 4.74. The third-order valence-electron chi connectivity index (χ3n) is 3.71. The Morgan fingerprint density at radius 1 is 1.15 bits per heavy atom. The molecule has 0 fully saturated rings. The van der Waals surface area contributed by atoms with Crippen LogP contribution in [0.2, 0.25) is 5.02 Å². The lowest BCUT2D eigenvalue weighted by atomic mass is 10.1. The van der Waals surface area contributed by atoms with Crippen molar-refractivity contribution in [3.8, 4) is 16.9 Å². The number of nitrogens with zero attached hydrogens (tertiary/aromatic N) is 1. The van der Waals surface area contributed by atoms with E-state index in [1.165, 1.54) is 16.0 Å². The molecular formula is C16H11ClF2N2O3S2. The molecule has 10 heteroatoms. The first-order chi connectivity index (χ1) is 12.1. The smallest absolute Gasteiger partial charge is 0.267 e. The summed E-state index contributed by atoms with van der Waals surface area (Å²) in [6, 6.07) is 6.03. The molecule has 0 bridgehead atoms. The third-order valence-corrected chi connectivity index (χ3v) is 5.77. The van der Waals surface area contributed by atoms with Gasteiger partial charge in [-0.1, -0.05) is 29.0 Å². The minimum Gasteiger partial charge on any atom is -0.267 e. The zero-order chi connectivity index (χ0) is 19.2. The quantitative estimate of drug-likeness (QED) is 0.709. The summed E-state index contributed by atoms with van der Waals surface area (Å²) in [6.45, 7) is 1.78. The van der Waals surface area contributed by atoms with Gasteiger partial charge in [0, 0.05) is 16.0 Å². The second kappa shape index (κ2) is 6.58. The molecule has 0 unspecified atom stereocenters. The van der Waals surface area contributed by atoms with E-state index in [2.05, 4.69) is 0 Å². The van der Waals surface area contributed by atoms with Crippen molar-refractivity contribution in [3.05, 3.63) is 67.6 Å². The maximum atomic E-state index is 14.5. The maximum absolute atomic E-state index is 14.5. The lowest BCUT2D eigenvalue weighted by molar-refractivity contribution is 0.555. The maximum Gasteiger partial charge on any atom is 0.312 e. The van der Waals surface area contributed by atoms with Gasteiger partial charge in [-0.15, -0.1) is 0 Å². The largest absolute Gasteiger partial charge is 0.312 e. The first kappa shape index (κ1) is 18.7. The van der Waals surface area contributed by atoms with Gasteiger partial charge in [0.2, 0.25) is 10.0 Å². The summed E-state index contributed by atoms with van der Waals surface area (Å²) in [5.74, 6) is -2.24. The topological polar surface area (TPSA) is 82.2 Å². The zero-order valence-corrected chi connectivity index (χ0v) is 15.6. The molecule has 0 radical (unpaired) electrons. The minimum absolute atomic E-state index is 0.0669. The fraction of sp³-hybridized carbons (Fsp3) is 0.0625. The molecule has 0 saturated carbocycles. The van der Waals surface area contributed by atoms with Crippen molar-refractivity contribution in [1.29, 1.82) is 0 Å². The highest BCUT2D eigenvalue weighted by Crippen LogP contribution is 2.30. The number of nitrogens with two attached hydrogens (primary N) is 1. The van der Waals surface area contributed by atoms with Crippen molar-refractivity contribution >= 4 is 33.0 Å². The monoisotopic (exact) mass is 416 g/mol. The highest BCUT2D eigenvalue weighted by atomic mass is 35.5. The van der Waals surface area contributed by atoms with Gasteiger partial charge < -0.3 is 0 Å². The summed E-state index contributed by atoms with van der Waals surface area (Å²) in [5.41, 5.74) is 0.953. The van der Waals surface area contributed by atoms with E-state index in [-0.39, 0.29) is 11.3 Å². The summed E-state index contributed by atoms with van der Waals surface area (Å²) in [4.78, 5) is 10.8. The molecule has 26 heavy (non-hydrogen) atoms. The van der Waals surface area contributed by atoms with Gasteiger partial charge in [-0.3, -0.25) is 9.36 Å². The van der Waals surface area contributed by atoms with E-state index in [1.54, 1.807) is 19.1 Å². The highest BCUT2D eigenvalue weighted by molar-refractivity contribution is 7.89. The number of benzene rings is 2. The molecule has 0 aliphatic rings. The number of aryl methyl sites for hydroxylation is 1. The number of rotatable bonds is 3. The van der Waals surface area contributed by atoms with Gasteiger partial charge in [0.05, 0.1) is 11.4 Å². The summed E-state index contributed by atoms with van der Waals surface area (Å²) in [6.07, 6.45) is 0. The number of hydrogen-bond donors (Lipinski definition) is 1. The molecule has 3 rings (SSSR count). The van der Waals surface area contributed by atoms with Crippen molar-refractivity contribution in [1.82, 2.24) is 4.57 Å². The number of halogens is 3. The van der Waals surface area contributed by atoms with Gasteiger partial charge in [0.1, 0.15) is 16.5 Å². The van der Waals surface area contributed by atoms with E-state index in [0.29, 0.717) is 22.8 Å². The van der Waals surface area contributed by atoms with Crippen LogP contribution in [0.4, 0.5) is 8.78 Å². The lowest BCUT2D eigenvalue weighted by Gasteiger charge is -2.11. The van der Waals surface area contributed by atoms with Crippen molar-refractivity contribution in [2.24, 2.45) is 5.14 Å². The number of sulfonamides is 1. The van der Waals surface area contributed by atoms with Crippen LogP contribution in [0.15, 0.2) is 45.4 Å². The summed E-state index contributed by atoms with van der Waals surface area (Å²) < 4.78 is 52.4. The lowest BCUT2D eigenvalue weighted by Crippen LogP contribution is -2.15. The Morgan fingerprint density at radius 3 is 2.46 bits per heavy atom. The van der Waals surface area contributed by atoms with Gasteiger partial charge in [-0.05, 0) is 36.8 Å². The van der Waals surface area contributed by atoms with Crippen molar-refractivity contribution in [3.63, 3.8) is 0 Å². The highest BCUT2D eigenvalue weighted by Gasteiger charge is 2.22. The fourth-order valence-electron chi connectivity index (χ4n) is 2.40. The normalized spacial score (nSPS) is 11.7. The van der Waals surface area contributed by atoms with Gasteiger partial charge in [-0.2, -0.15) is 0 Å². The molecule has 1 aromatic heterocycles. The van der Waals surface area contributed by atoms with Crippen LogP contribution in [0.3, 0.4) is 0 Å². The molecule has 1 heterocycles. The second-order valence-corrected chi connectivity index (χ2v) is 8.22. The van der Waals surface area contributed by atoms with Gasteiger partial charge in [0.25, 0.3) is 0 Å². The molecule has 0 saturated heterocycles. The van der Waals surface area contributed by atoms with Gasteiger partial charge in [0.15, 0.2) is 0 Å². The van der Waals surface area contributed by atoms with Crippen LogP contribution < -0.4 is 10.0 Å². The summed E-state index contributed by atoms with van der Waals surface area (Å²) in [5, 5.41) is 6.63. The van der Waals surface area contributed by atoms with E-state index < -0.39 is 31.4 Å². The predicted octanol–water partition coefficient (Wildman–Crippen LogP) is 3.45. The Labute approximate surface area is 156 Å². The van der Waals surface area contributed by atoms with E-state index in [1.807, 2.05) is 0 Å². The molecular weight excluding hydrogens is 406 g/mol. The molecule has 2 aromatic carbocycles. The van der Waals surface area contributed by atoms with Gasteiger partial charge in [-0.25, -0.2) is 22.3 Å². The number of thiazole rings is 1. The first-order valence-corrected chi connectivity index (χ1v) is 9.89. The Morgan fingerprint density at radius 2 is 1.85 bits per heavy atom. The summed E-state index contributed by atoms with van der Waals surface area (Å²) >= 11 is 6.87. The molecule has 2 N–H and O–H groups in total. The van der Waals surface area contributed by atoms with Crippen LogP contribution in [0.5, 0.6) is 0 Å². The molecule has 3 aromatic rings. The zero-order valence-electron chi connectivity index (χ0n) is 13.2.